The van der Waals surface area contributed by atoms with Crippen molar-refractivity contribution in [2.75, 3.05) is 13.1 Å². The second-order valence-electron chi connectivity index (χ2n) is 7.16. The average Bonchev–Trinajstić information content (AvgIpc) is 3.14. The van der Waals surface area contributed by atoms with Crippen molar-refractivity contribution in [1.82, 2.24) is 19.6 Å². The number of amides is 2. The summed E-state index contributed by atoms with van der Waals surface area (Å²) in [6.45, 7) is 7.88. The summed E-state index contributed by atoms with van der Waals surface area (Å²) < 4.78 is 2.02. The molecule has 2 aliphatic rings. The molecule has 24 heavy (non-hydrogen) atoms. The predicted molar refractivity (Wildman–Crippen MR) is 91.5 cm³/mol. The molecule has 132 valence electrons. The molecule has 0 aromatic carbocycles. The molecular weight excluding hydrogens is 304 g/mol. The third kappa shape index (κ3) is 3.32. The van der Waals surface area contributed by atoms with Crippen LogP contribution in [0.4, 0.5) is 0 Å². The molecular formula is C18H28N4O2. The Kier molecular flexibility index (Phi) is 4.92. The minimum absolute atomic E-state index is 0.0120. The molecule has 2 aliphatic heterocycles. The topological polar surface area (TPSA) is 58.4 Å². The van der Waals surface area contributed by atoms with Gasteiger partial charge in [0.2, 0.25) is 11.8 Å². The molecule has 2 amide bonds. The largest absolute Gasteiger partial charge is 0.336 e. The van der Waals surface area contributed by atoms with Gasteiger partial charge in [0, 0.05) is 25.7 Å². The first-order chi connectivity index (χ1) is 11.5. The van der Waals surface area contributed by atoms with Gasteiger partial charge in [0.1, 0.15) is 6.04 Å². The normalized spacial score (nSPS) is 24.5. The number of piperidine rings is 1. The average molecular weight is 332 g/mol. The van der Waals surface area contributed by atoms with Gasteiger partial charge in [-0.15, -0.1) is 0 Å². The summed E-state index contributed by atoms with van der Waals surface area (Å²) in [7, 11) is 0. The van der Waals surface area contributed by atoms with Gasteiger partial charge < -0.3 is 9.80 Å². The van der Waals surface area contributed by atoms with Crippen LogP contribution in [0.2, 0.25) is 0 Å². The Balaban J connectivity index is 1.75. The lowest BCUT2D eigenvalue weighted by atomic mass is 10.00. The summed E-state index contributed by atoms with van der Waals surface area (Å²) in [6.07, 6.45) is 4.92. The Morgan fingerprint density at radius 2 is 1.88 bits per heavy atom. The van der Waals surface area contributed by atoms with E-state index in [1.807, 2.05) is 16.5 Å². The SMILES string of the molecule is CC(=O)N1CCC[C@H]1C(=O)N1CCCC[C@@H]1Cn1nc(C)cc1C. The van der Waals surface area contributed by atoms with E-state index in [2.05, 4.69) is 18.1 Å². The molecule has 3 heterocycles. The number of rotatable bonds is 3. The van der Waals surface area contributed by atoms with Crippen LogP contribution >= 0.6 is 0 Å². The van der Waals surface area contributed by atoms with Gasteiger partial charge >= 0.3 is 0 Å². The van der Waals surface area contributed by atoms with Crippen LogP contribution in [-0.2, 0) is 16.1 Å². The van der Waals surface area contributed by atoms with Crippen molar-refractivity contribution in [2.45, 2.75) is 71.5 Å². The number of nitrogens with zero attached hydrogens (tertiary/aromatic N) is 4. The predicted octanol–water partition coefficient (Wildman–Crippen LogP) is 1.89. The summed E-state index contributed by atoms with van der Waals surface area (Å²) >= 11 is 0. The van der Waals surface area contributed by atoms with Crippen molar-refractivity contribution in [2.24, 2.45) is 0 Å². The van der Waals surface area contributed by atoms with Crippen molar-refractivity contribution < 1.29 is 9.59 Å². The molecule has 0 spiro atoms. The molecule has 0 unspecified atom stereocenters. The van der Waals surface area contributed by atoms with Crippen molar-refractivity contribution >= 4 is 11.8 Å². The summed E-state index contributed by atoms with van der Waals surface area (Å²) in [4.78, 5) is 28.7. The first kappa shape index (κ1) is 17.0. The highest BCUT2D eigenvalue weighted by Crippen LogP contribution is 2.25. The van der Waals surface area contributed by atoms with E-state index in [9.17, 15) is 9.59 Å². The smallest absolute Gasteiger partial charge is 0.245 e. The van der Waals surface area contributed by atoms with Gasteiger partial charge in [0.05, 0.1) is 18.3 Å². The van der Waals surface area contributed by atoms with E-state index in [1.54, 1.807) is 11.8 Å². The summed E-state index contributed by atoms with van der Waals surface area (Å²) in [6, 6.07) is 1.99. The summed E-state index contributed by atoms with van der Waals surface area (Å²) in [5, 5.41) is 4.55. The highest BCUT2D eigenvalue weighted by atomic mass is 16.2. The fraction of sp³-hybridized carbons (Fsp3) is 0.722. The van der Waals surface area contributed by atoms with Gasteiger partial charge in [-0.2, -0.15) is 5.10 Å². The van der Waals surface area contributed by atoms with Gasteiger partial charge in [-0.05, 0) is 52.0 Å². The Bertz CT molecular complexity index is 625. The highest BCUT2D eigenvalue weighted by molar-refractivity contribution is 5.87. The van der Waals surface area contributed by atoms with E-state index in [4.69, 9.17) is 0 Å². The molecule has 0 bridgehead atoms. The quantitative estimate of drug-likeness (QED) is 0.849. The molecule has 2 fully saturated rings. The Hall–Kier alpha value is -1.85. The van der Waals surface area contributed by atoms with Crippen LogP contribution in [0.5, 0.6) is 0 Å². The zero-order chi connectivity index (χ0) is 17.3. The standard InChI is InChI=1S/C18H28N4O2/c1-13-11-14(2)22(19-13)12-16-7-4-5-9-21(16)18(24)17-8-6-10-20(17)15(3)23/h11,16-17H,4-10,12H2,1-3H3/t16-,17+/m1/s1. The number of hydrogen-bond acceptors (Lipinski definition) is 3. The first-order valence-electron chi connectivity index (χ1n) is 9.06. The van der Waals surface area contributed by atoms with Crippen LogP contribution in [0.3, 0.4) is 0 Å². The summed E-state index contributed by atoms with van der Waals surface area (Å²) in [5.74, 6) is 0.145. The van der Waals surface area contributed by atoms with E-state index in [0.29, 0.717) is 6.54 Å². The third-order valence-corrected chi connectivity index (χ3v) is 5.34. The molecule has 1 aromatic heterocycles. The van der Waals surface area contributed by atoms with Gasteiger partial charge in [0.25, 0.3) is 0 Å². The van der Waals surface area contributed by atoms with Gasteiger partial charge in [-0.25, -0.2) is 0 Å². The fourth-order valence-corrected chi connectivity index (χ4v) is 4.13. The van der Waals surface area contributed by atoms with E-state index < -0.39 is 0 Å². The van der Waals surface area contributed by atoms with Crippen LogP contribution < -0.4 is 0 Å². The van der Waals surface area contributed by atoms with Crippen LogP contribution in [0, 0.1) is 13.8 Å². The van der Waals surface area contributed by atoms with Crippen LogP contribution in [-0.4, -0.2) is 56.6 Å². The van der Waals surface area contributed by atoms with E-state index in [1.165, 1.54) is 0 Å². The lowest BCUT2D eigenvalue weighted by Crippen LogP contribution is -2.53. The number of carbonyl (C=O) groups excluding carboxylic acids is 2. The minimum Gasteiger partial charge on any atom is -0.336 e. The maximum Gasteiger partial charge on any atom is 0.245 e. The van der Waals surface area contributed by atoms with Crippen molar-refractivity contribution in [1.29, 1.82) is 0 Å². The van der Waals surface area contributed by atoms with Crippen LogP contribution in [0.1, 0.15) is 50.4 Å². The van der Waals surface area contributed by atoms with Crippen molar-refractivity contribution in [3.63, 3.8) is 0 Å². The van der Waals surface area contributed by atoms with Gasteiger partial charge in [-0.3, -0.25) is 14.3 Å². The van der Waals surface area contributed by atoms with E-state index >= 15 is 0 Å². The molecule has 2 atom stereocenters. The molecule has 0 saturated carbocycles. The number of aromatic nitrogens is 2. The Morgan fingerprint density at radius 3 is 2.54 bits per heavy atom. The maximum absolute atomic E-state index is 13.1. The molecule has 2 saturated heterocycles. The molecule has 0 N–H and O–H groups in total. The Morgan fingerprint density at radius 1 is 1.12 bits per heavy atom. The second-order valence-corrected chi connectivity index (χ2v) is 7.16. The van der Waals surface area contributed by atoms with Gasteiger partial charge in [0.15, 0.2) is 0 Å². The fourth-order valence-electron chi connectivity index (χ4n) is 4.13. The Labute approximate surface area is 143 Å². The van der Waals surface area contributed by atoms with Crippen molar-refractivity contribution in [3.8, 4) is 0 Å². The first-order valence-corrected chi connectivity index (χ1v) is 9.06. The third-order valence-electron chi connectivity index (χ3n) is 5.34. The number of hydrogen-bond donors (Lipinski definition) is 0. The number of likely N-dealkylation sites (tertiary alicyclic amines) is 2. The molecule has 1 aromatic rings. The molecule has 6 heteroatoms. The van der Waals surface area contributed by atoms with E-state index in [-0.39, 0.29) is 23.9 Å². The number of aryl methyl sites for hydroxylation is 2. The molecule has 0 radical (unpaired) electrons. The van der Waals surface area contributed by atoms with Crippen molar-refractivity contribution in [3.05, 3.63) is 17.5 Å². The summed E-state index contributed by atoms with van der Waals surface area (Å²) in [5.41, 5.74) is 2.15. The zero-order valence-corrected chi connectivity index (χ0v) is 15.0. The molecule has 3 rings (SSSR count). The minimum atomic E-state index is -0.261. The van der Waals surface area contributed by atoms with E-state index in [0.717, 1.165) is 56.6 Å². The lowest BCUT2D eigenvalue weighted by Gasteiger charge is -2.38. The van der Waals surface area contributed by atoms with Crippen LogP contribution in [0.15, 0.2) is 6.07 Å². The molecule has 6 nitrogen and oxygen atoms in total. The van der Waals surface area contributed by atoms with Gasteiger partial charge in [-0.1, -0.05) is 0 Å². The zero-order valence-electron chi connectivity index (χ0n) is 15.0. The lowest BCUT2D eigenvalue weighted by molar-refractivity contribution is -0.145. The van der Waals surface area contributed by atoms with Crippen LogP contribution in [0.25, 0.3) is 0 Å². The number of carbonyl (C=O) groups is 2. The second kappa shape index (κ2) is 6.95. The monoisotopic (exact) mass is 332 g/mol. The molecule has 0 aliphatic carbocycles. The maximum atomic E-state index is 13.1. The highest BCUT2D eigenvalue weighted by Gasteiger charge is 2.38.